The lowest BCUT2D eigenvalue weighted by Crippen LogP contribution is -2.27. The van der Waals surface area contributed by atoms with Gasteiger partial charge in [0.25, 0.3) is 0 Å². The number of pyridine rings is 1. The minimum Gasteiger partial charge on any atom is -0.481 e. The highest BCUT2D eigenvalue weighted by molar-refractivity contribution is 7.81. The fourth-order valence-corrected chi connectivity index (χ4v) is 6.73. The smallest absolute Gasteiger partial charge is 0.303 e. The summed E-state index contributed by atoms with van der Waals surface area (Å²) in [5, 5.41) is 22.0. The van der Waals surface area contributed by atoms with Gasteiger partial charge in [-0.2, -0.15) is 12.6 Å². The second-order valence-corrected chi connectivity index (χ2v) is 12.8. The molecule has 1 heterocycles. The van der Waals surface area contributed by atoms with E-state index in [-0.39, 0.29) is 23.0 Å². The number of carbonyl (C=O) groups is 1. The number of rotatable bonds is 11. The summed E-state index contributed by atoms with van der Waals surface area (Å²) < 4.78 is 0. The van der Waals surface area contributed by atoms with Gasteiger partial charge in [-0.1, -0.05) is 78.3 Å². The summed E-state index contributed by atoms with van der Waals surface area (Å²) in [6.45, 7) is 3.62. The van der Waals surface area contributed by atoms with E-state index in [2.05, 4.69) is 36.4 Å². The van der Waals surface area contributed by atoms with Crippen LogP contribution in [0.15, 0.2) is 78.9 Å². The fourth-order valence-electron chi connectivity index (χ4n) is 5.89. The van der Waals surface area contributed by atoms with Crippen molar-refractivity contribution < 1.29 is 15.0 Å². The first-order valence-electron chi connectivity index (χ1n) is 14.1. The van der Waals surface area contributed by atoms with Crippen molar-refractivity contribution in [2.45, 2.75) is 62.7 Å². The molecule has 2 N–H and O–H groups in total. The van der Waals surface area contributed by atoms with Crippen molar-refractivity contribution in [2.75, 3.05) is 0 Å². The third-order valence-electron chi connectivity index (χ3n) is 8.27. The molecule has 0 radical (unpaired) electrons. The van der Waals surface area contributed by atoms with Gasteiger partial charge in [0, 0.05) is 15.7 Å². The Hall–Kier alpha value is -3.12. The van der Waals surface area contributed by atoms with Crippen LogP contribution < -0.4 is 0 Å². The zero-order valence-corrected chi connectivity index (χ0v) is 25.1. The topological polar surface area (TPSA) is 70.4 Å². The van der Waals surface area contributed by atoms with Crippen LogP contribution in [0.3, 0.4) is 0 Å². The molecule has 4 nitrogen and oxygen atoms in total. The molecular formula is C35H36ClNO3S. The van der Waals surface area contributed by atoms with Crippen LogP contribution in [0.2, 0.25) is 5.02 Å². The van der Waals surface area contributed by atoms with Gasteiger partial charge in [0.15, 0.2) is 0 Å². The number of hydrogen-bond donors (Lipinski definition) is 3. The predicted octanol–water partition coefficient (Wildman–Crippen LogP) is 8.56. The van der Waals surface area contributed by atoms with Crippen LogP contribution in [0.25, 0.3) is 23.1 Å². The Morgan fingerprint density at radius 3 is 2.54 bits per heavy atom. The van der Waals surface area contributed by atoms with Crippen molar-refractivity contribution in [3.05, 3.63) is 112 Å². The van der Waals surface area contributed by atoms with Gasteiger partial charge in [-0.15, -0.1) is 0 Å². The molecule has 1 aliphatic rings. The summed E-state index contributed by atoms with van der Waals surface area (Å²) >= 11 is 11.3. The lowest BCUT2D eigenvalue weighted by atomic mass is 9.79. The minimum atomic E-state index is -0.944. The molecule has 0 spiro atoms. The Balaban J connectivity index is 1.43. The van der Waals surface area contributed by atoms with Crippen molar-refractivity contribution >= 4 is 53.3 Å². The van der Waals surface area contributed by atoms with Crippen LogP contribution in [0.1, 0.15) is 73.4 Å². The summed E-state index contributed by atoms with van der Waals surface area (Å²) in [4.78, 5) is 16.5. The molecule has 0 aliphatic heterocycles. The van der Waals surface area contributed by atoms with Gasteiger partial charge in [-0.3, -0.25) is 4.79 Å². The first kappa shape index (κ1) is 29.4. The number of aryl methyl sites for hydroxylation is 1. The molecule has 2 atom stereocenters. The molecule has 1 aliphatic carbocycles. The Kier molecular flexibility index (Phi) is 8.60. The highest BCUT2D eigenvalue weighted by atomic mass is 35.5. The Labute approximate surface area is 252 Å². The molecule has 0 saturated heterocycles. The van der Waals surface area contributed by atoms with Gasteiger partial charge in [-0.25, -0.2) is 4.98 Å². The average Bonchev–Trinajstić information content (AvgIpc) is 3.71. The maximum Gasteiger partial charge on any atom is 0.303 e. The van der Waals surface area contributed by atoms with E-state index in [0.29, 0.717) is 5.02 Å². The van der Waals surface area contributed by atoms with Crippen LogP contribution in [0.4, 0.5) is 0 Å². The normalized spacial score (nSPS) is 16.1. The highest BCUT2D eigenvalue weighted by Crippen LogP contribution is 2.58. The number of aliphatic hydroxyl groups is 1. The number of aliphatic carboxylic acids is 1. The number of thiol groups is 1. The summed E-state index contributed by atoms with van der Waals surface area (Å²) in [5.74, 6) is -0.724. The number of nitrogens with zero attached hydrogens (tertiary/aromatic N) is 1. The molecule has 41 heavy (non-hydrogen) atoms. The Morgan fingerprint density at radius 1 is 1.05 bits per heavy atom. The van der Waals surface area contributed by atoms with E-state index in [1.165, 1.54) is 0 Å². The standard InChI is InChI=1S/C35H36ClNO3S/c1-34(2,40)30-9-4-3-7-24(30)13-17-29(33(41)35(18-19-35)22-32(38)39)26-8-5-6-23(20-26)10-15-28-16-12-25-11-14-27(36)21-31(25)37-28/h3-12,14-16,20-21,29,33,40-41H,13,17-19,22H2,1-2H3,(H,38,39)/t29-,33?/m1/s1. The monoisotopic (exact) mass is 585 g/mol. The van der Waals surface area contributed by atoms with E-state index >= 15 is 0 Å². The highest BCUT2D eigenvalue weighted by Gasteiger charge is 2.51. The lowest BCUT2D eigenvalue weighted by Gasteiger charge is -2.31. The summed E-state index contributed by atoms with van der Waals surface area (Å²) in [5.41, 5.74) is 4.66. The van der Waals surface area contributed by atoms with Gasteiger partial charge in [0.1, 0.15) is 0 Å². The van der Waals surface area contributed by atoms with Crippen LogP contribution in [0, 0.1) is 5.41 Å². The van der Waals surface area contributed by atoms with E-state index in [1.807, 2.05) is 68.5 Å². The number of fused-ring (bicyclic) bond motifs is 1. The van der Waals surface area contributed by atoms with Crippen LogP contribution in [-0.2, 0) is 16.8 Å². The molecule has 6 heteroatoms. The molecule has 1 aromatic heterocycles. The van der Waals surface area contributed by atoms with Gasteiger partial charge in [-0.05, 0) is 97.4 Å². The molecular weight excluding hydrogens is 550 g/mol. The van der Waals surface area contributed by atoms with E-state index in [1.54, 1.807) is 0 Å². The van der Waals surface area contributed by atoms with Crippen molar-refractivity contribution in [1.29, 1.82) is 0 Å². The molecule has 1 fully saturated rings. The number of hydrogen-bond acceptors (Lipinski definition) is 4. The zero-order valence-electron chi connectivity index (χ0n) is 23.4. The summed E-state index contributed by atoms with van der Waals surface area (Å²) in [6, 6.07) is 26.2. The second-order valence-electron chi connectivity index (χ2n) is 11.8. The number of aromatic nitrogens is 1. The van der Waals surface area contributed by atoms with Gasteiger partial charge in [0.2, 0.25) is 0 Å². The fraction of sp³-hybridized carbons (Fsp3) is 0.314. The van der Waals surface area contributed by atoms with Gasteiger partial charge >= 0.3 is 5.97 Å². The maximum atomic E-state index is 11.7. The molecule has 212 valence electrons. The molecule has 3 aromatic carbocycles. The van der Waals surface area contributed by atoms with Crippen LogP contribution >= 0.6 is 24.2 Å². The maximum absolute atomic E-state index is 11.7. The van der Waals surface area contributed by atoms with E-state index in [4.69, 9.17) is 29.2 Å². The summed E-state index contributed by atoms with van der Waals surface area (Å²) in [7, 11) is 0. The second kappa shape index (κ2) is 12.0. The van der Waals surface area contributed by atoms with Crippen molar-refractivity contribution in [3.8, 4) is 0 Å². The van der Waals surface area contributed by atoms with E-state index in [9.17, 15) is 15.0 Å². The molecule has 4 aromatic rings. The van der Waals surface area contributed by atoms with Crippen molar-refractivity contribution in [3.63, 3.8) is 0 Å². The van der Waals surface area contributed by atoms with E-state index < -0.39 is 11.6 Å². The first-order chi connectivity index (χ1) is 19.5. The molecule has 1 saturated carbocycles. The summed E-state index contributed by atoms with van der Waals surface area (Å²) in [6.07, 6.45) is 7.50. The number of halogens is 1. The number of carboxylic acid groups (broad SMARTS) is 1. The van der Waals surface area contributed by atoms with Crippen molar-refractivity contribution in [1.82, 2.24) is 4.98 Å². The SMILES string of the molecule is CC(C)(O)c1ccccc1CC[C@H](c1cccc(C=Cc2ccc3ccc(Cl)cc3n2)c1)C(S)C1(CC(=O)O)CC1. The third-order valence-corrected chi connectivity index (χ3v) is 9.41. The zero-order chi connectivity index (χ0) is 29.2. The van der Waals surface area contributed by atoms with Crippen LogP contribution in [-0.4, -0.2) is 26.4 Å². The van der Waals surface area contributed by atoms with Crippen molar-refractivity contribution in [2.24, 2.45) is 5.41 Å². The first-order valence-corrected chi connectivity index (χ1v) is 15.0. The van der Waals surface area contributed by atoms with E-state index in [0.717, 1.165) is 64.5 Å². The number of carboxylic acids is 1. The number of benzene rings is 3. The van der Waals surface area contributed by atoms with Crippen LogP contribution in [0.5, 0.6) is 0 Å². The quantitative estimate of drug-likeness (QED) is 0.154. The molecule has 1 unspecified atom stereocenters. The predicted molar refractivity (Wildman–Crippen MR) is 172 cm³/mol. The van der Waals surface area contributed by atoms with Gasteiger partial charge < -0.3 is 10.2 Å². The Bertz CT molecular complexity index is 1590. The lowest BCUT2D eigenvalue weighted by molar-refractivity contribution is -0.138. The largest absolute Gasteiger partial charge is 0.481 e. The average molecular weight is 586 g/mol. The minimum absolute atomic E-state index is 0.0457. The van der Waals surface area contributed by atoms with Gasteiger partial charge in [0.05, 0.1) is 23.2 Å². The molecule has 0 amide bonds. The molecule has 0 bridgehead atoms. The Morgan fingerprint density at radius 2 is 1.80 bits per heavy atom. The molecule has 5 rings (SSSR count). The third kappa shape index (κ3) is 7.03.